The van der Waals surface area contributed by atoms with E-state index in [4.69, 9.17) is 0 Å². The summed E-state index contributed by atoms with van der Waals surface area (Å²) in [4.78, 5) is 4.16. The Bertz CT molecular complexity index is 379. The average Bonchev–Trinajstić information content (AvgIpc) is 2.29. The van der Waals surface area contributed by atoms with Crippen LogP contribution in [0.15, 0.2) is 54.7 Å². The Morgan fingerprint density at radius 2 is 2.06 bits per heavy atom. The molecule has 1 N–H and O–H groups in total. The first-order chi connectivity index (χ1) is 7.76. The van der Waals surface area contributed by atoms with Crippen LogP contribution in [0.4, 0.5) is 5.69 Å². The van der Waals surface area contributed by atoms with Gasteiger partial charge < -0.3 is 5.32 Å². The van der Waals surface area contributed by atoms with Gasteiger partial charge in [-0.2, -0.15) is 0 Å². The first-order valence-electron chi connectivity index (χ1n) is 5.02. The molecule has 3 heteroatoms. The number of benzene rings is 1. The second kappa shape index (κ2) is 6.90. The molecule has 0 spiro atoms. The third-order valence-corrected chi connectivity index (χ3v) is 2.73. The third kappa shape index (κ3) is 4.36. The SMILES string of the molecule is C=CCSC(=NC=C)Nc1ccc(C)cc1. The van der Waals surface area contributed by atoms with Gasteiger partial charge in [0.05, 0.1) is 0 Å². The Hall–Kier alpha value is -1.48. The molecule has 16 heavy (non-hydrogen) atoms. The molecular weight excluding hydrogens is 216 g/mol. The molecule has 0 fully saturated rings. The molecule has 0 aliphatic heterocycles. The number of nitrogens with one attached hydrogen (secondary N) is 1. The van der Waals surface area contributed by atoms with Gasteiger partial charge in [0.1, 0.15) is 0 Å². The Morgan fingerprint density at radius 1 is 1.38 bits per heavy atom. The van der Waals surface area contributed by atoms with E-state index in [0.717, 1.165) is 16.6 Å². The van der Waals surface area contributed by atoms with Gasteiger partial charge in [0, 0.05) is 17.6 Å². The van der Waals surface area contributed by atoms with Crippen molar-refractivity contribution in [3.63, 3.8) is 0 Å². The van der Waals surface area contributed by atoms with E-state index in [0.29, 0.717) is 0 Å². The monoisotopic (exact) mass is 232 g/mol. The summed E-state index contributed by atoms with van der Waals surface area (Å²) < 4.78 is 0. The molecule has 0 aromatic heterocycles. The third-order valence-electron chi connectivity index (χ3n) is 1.85. The van der Waals surface area contributed by atoms with Gasteiger partial charge >= 0.3 is 0 Å². The molecule has 1 rings (SSSR count). The molecule has 84 valence electrons. The molecular formula is C13H16N2S. The molecule has 0 amide bonds. The van der Waals surface area contributed by atoms with Crippen LogP contribution in [0.2, 0.25) is 0 Å². The summed E-state index contributed by atoms with van der Waals surface area (Å²) in [6.45, 7) is 9.34. The van der Waals surface area contributed by atoms with E-state index in [2.05, 4.69) is 42.5 Å². The number of rotatable bonds is 4. The van der Waals surface area contributed by atoms with Gasteiger partial charge in [-0.05, 0) is 19.1 Å². The van der Waals surface area contributed by atoms with E-state index in [1.54, 1.807) is 11.8 Å². The maximum Gasteiger partial charge on any atom is 0.165 e. The van der Waals surface area contributed by atoms with Crippen molar-refractivity contribution in [2.75, 3.05) is 11.1 Å². The molecule has 0 saturated heterocycles. The minimum atomic E-state index is 0.825. The first-order valence-corrected chi connectivity index (χ1v) is 6.01. The van der Waals surface area contributed by atoms with Crippen LogP contribution in [0.25, 0.3) is 0 Å². The Labute approximate surface area is 101 Å². The number of nitrogens with zero attached hydrogens (tertiary/aromatic N) is 1. The molecule has 0 heterocycles. The maximum absolute atomic E-state index is 4.16. The van der Waals surface area contributed by atoms with Crippen molar-refractivity contribution in [2.24, 2.45) is 4.99 Å². The summed E-state index contributed by atoms with van der Waals surface area (Å²) in [5.41, 5.74) is 2.27. The zero-order chi connectivity index (χ0) is 11.8. The summed E-state index contributed by atoms with van der Waals surface area (Å²) in [6, 6.07) is 8.18. The number of hydrogen-bond acceptors (Lipinski definition) is 2. The first kappa shape index (κ1) is 12.6. The topological polar surface area (TPSA) is 24.4 Å². The lowest BCUT2D eigenvalue weighted by Crippen LogP contribution is -2.07. The van der Waals surface area contributed by atoms with Gasteiger partial charge in [-0.15, -0.1) is 6.58 Å². The number of thioether (sulfide) groups is 1. The number of aliphatic imine (C=N–C) groups is 1. The van der Waals surface area contributed by atoms with Gasteiger partial charge in [0.15, 0.2) is 5.17 Å². The molecule has 0 saturated carbocycles. The maximum atomic E-state index is 4.16. The van der Waals surface area contributed by atoms with Crippen LogP contribution < -0.4 is 5.32 Å². The molecule has 0 aliphatic rings. The van der Waals surface area contributed by atoms with Crippen molar-refractivity contribution in [3.05, 3.63) is 55.3 Å². The summed E-state index contributed by atoms with van der Waals surface area (Å²) >= 11 is 1.59. The fraction of sp³-hybridized carbons (Fsp3) is 0.154. The lowest BCUT2D eigenvalue weighted by molar-refractivity contribution is 1.46. The molecule has 0 radical (unpaired) electrons. The zero-order valence-corrected chi connectivity index (χ0v) is 10.3. The second-order valence-electron chi connectivity index (χ2n) is 3.21. The predicted molar refractivity (Wildman–Crippen MR) is 75.1 cm³/mol. The molecule has 2 nitrogen and oxygen atoms in total. The van der Waals surface area contributed by atoms with Crippen molar-refractivity contribution >= 4 is 22.6 Å². The highest BCUT2D eigenvalue weighted by molar-refractivity contribution is 8.14. The van der Waals surface area contributed by atoms with Crippen LogP contribution in [-0.4, -0.2) is 10.9 Å². The quantitative estimate of drug-likeness (QED) is 0.485. The summed E-state index contributed by atoms with van der Waals surface area (Å²) in [6.07, 6.45) is 3.38. The Balaban J connectivity index is 2.67. The normalized spacial score (nSPS) is 10.9. The van der Waals surface area contributed by atoms with Crippen LogP contribution in [-0.2, 0) is 0 Å². The van der Waals surface area contributed by atoms with Crippen LogP contribution in [0.1, 0.15) is 5.56 Å². The highest BCUT2D eigenvalue weighted by atomic mass is 32.2. The minimum Gasteiger partial charge on any atom is -0.335 e. The Morgan fingerprint density at radius 3 is 2.62 bits per heavy atom. The zero-order valence-electron chi connectivity index (χ0n) is 9.44. The lowest BCUT2D eigenvalue weighted by Gasteiger charge is -2.07. The lowest BCUT2D eigenvalue weighted by atomic mass is 10.2. The largest absolute Gasteiger partial charge is 0.335 e. The summed E-state index contributed by atoms with van der Waals surface area (Å²) in [5.74, 6) is 0.825. The molecule has 0 atom stereocenters. The van der Waals surface area contributed by atoms with Gasteiger partial charge in [0.25, 0.3) is 0 Å². The van der Waals surface area contributed by atoms with Gasteiger partial charge in [-0.1, -0.05) is 42.1 Å². The van der Waals surface area contributed by atoms with Gasteiger partial charge in [-0.3, -0.25) is 0 Å². The highest BCUT2D eigenvalue weighted by Gasteiger charge is 1.98. The van der Waals surface area contributed by atoms with Gasteiger partial charge in [0.2, 0.25) is 0 Å². The predicted octanol–water partition coefficient (Wildman–Crippen LogP) is 3.83. The van der Waals surface area contributed by atoms with E-state index < -0.39 is 0 Å². The van der Waals surface area contributed by atoms with Crippen LogP contribution in [0, 0.1) is 6.92 Å². The van der Waals surface area contributed by atoms with E-state index in [1.165, 1.54) is 11.8 Å². The van der Waals surface area contributed by atoms with Crippen LogP contribution >= 0.6 is 11.8 Å². The number of amidine groups is 1. The van der Waals surface area contributed by atoms with Crippen molar-refractivity contribution in [2.45, 2.75) is 6.92 Å². The molecule has 1 aromatic rings. The second-order valence-corrected chi connectivity index (χ2v) is 4.22. The van der Waals surface area contributed by atoms with Crippen molar-refractivity contribution in [1.29, 1.82) is 0 Å². The van der Waals surface area contributed by atoms with E-state index in [9.17, 15) is 0 Å². The van der Waals surface area contributed by atoms with Crippen molar-refractivity contribution < 1.29 is 0 Å². The Kier molecular flexibility index (Phi) is 5.43. The highest BCUT2D eigenvalue weighted by Crippen LogP contribution is 2.13. The molecule has 1 aromatic carbocycles. The standard InChI is InChI=1S/C13H16N2S/c1-4-10-16-13(14-5-2)15-12-8-6-11(3)7-9-12/h4-9H,1-2,10H2,3H3,(H,14,15). The summed E-state index contributed by atoms with van der Waals surface area (Å²) in [5, 5.41) is 4.07. The smallest absolute Gasteiger partial charge is 0.165 e. The minimum absolute atomic E-state index is 0.825. The molecule has 0 unspecified atom stereocenters. The van der Waals surface area contributed by atoms with E-state index in [-0.39, 0.29) is 0 Å². The molecule has 0 aliphatic carbocycles. The fourth-order valence-corrected chi connectivity index (χ4v) is 1.70. The van der Waals surface area contributed by atoms with E-state index >= 15 is 0 Å². The van der Waals surface area contributed by atoms with Gasteiger partial charge in [-0.25, -0.2) is 4.99 Å². The number of hydrogen-bond donors (Lipinski definition) is 1. The summed E-state index contributed by atoms with van der Waals surface area (Å²) in [7, 11) is 0. The average molecular weight is 232 g/mol. The van der Waals surface area contributed by atoms with Crippen molar-refractivity contribution in [1.82, 2.24) is 0 Å². The van der Waals surface area contributed by atoms with Crippen molar-refractivity contribution in [3.8, 4) is 0 Å². The number of anilines is 1. The number of aryl methyl sites for hydroxylation is 1. The van der Waals surface area contributed by atoms with Crippen LogP contribution in [0.3, 0.4) is 0 Å². The molecule has 0 bridgehead atoms. The van der Waals surface area contributed by atoms with E-state index in [1.807, 2.05) is 18.2 Å². The fourth-order valence-electron chi connectivity index (χ4n) is 1.09. The van der Waals surface area contributed by atoms with Crippen LogP contribution in [0.5, 0.6) is 0 Å².